The Morgan fingerprint density at radius 3 is 1.81 bits per heavy atom. The van der Waals surface area contributed by atoms with E-state index in [1.807, 2.05) is 32.3 Å². The van der Waals surface area contributed by atoms with Gasteiger partial charge in [-0.3, -0.25) is 0 Å². The van der Waals surface area contributed by atoms with Crippen LogP contribution in [0.1, 0.15) is 75.3 Å². The van der Waals surface area contributed by atoms with E-state index in [0.29, 0.717) is 53.8 Å². The average Bonchev–Trinajstić information content (AvgIpc) is 3.78. The first-order valence-electron chi connectivity index (χ1n) is 20.2. The smallest absolute Gasteiger partial charge is 0.353 e. The number of carbonyl (C=O) groups excluding carboxylic acids is 2. The van der Waals surface area contributed by atoms with E-state index in [-0.39, 0.29) is 30.2 Å². The van der Waals surface area contributed by atoms with Crippen LogP contribution < -0.4 is 0 Å². The Bertz CT molecular complexity index is 1930. The number of carbonyl (C=O) groups is 2. The maximum Gasteiger partial charge on any atom is 0.353 e. The highest BCUT2D eigenvalue weighted by atomic mass is 32.2. The van der Waals surface area contributed by atoms with E-state index in [1.54, 1.807) is 24.3 Å². The number of rotatable bonds is 11. The molecule has 9 aliphatic rings. The Morgan fingerprint density at radius 2 is 1.28 bits per heavy atom. The van der Waals surface area contributed by atoms with Gasteiger partial charge in [0.2, 0.25) is 10.0 Å². The second-order valence-corrected chi connectivity index (χ2v) is 20.1. The summed E-state index contributed by atoms with van der Waals surface area (Å²) in [6.45, 7) is 1.91. The number of aryl methyl sites for hydroxylation is 2. The van der Waals surface area contributed by atoms with Gasteiger partial charge in [-0.05, 0) is 149 Å². The maximum atomic E-state index is 14.6. The van der Waals surface area contributed by atoms with Crippen molar-refractivity contribution >= 4 is 32.9 Å². The van der Waals surface area contributed by atoms with Gasteiger partial charge in [-0.2, -0.15) is 4.31 Å². The number of para-hydroxylation sites is 1. The van der Waals surface area contributed by atoms with Crippen LogP contribution in [0.15, 0.2) is 59.6 Å². The van der Waals surface area contributed by atoms with Crippen LogP contribution in [0.5, 0.6) is 0 Å². The molecule has 2 aromatic carbocycles. The minimum atomic E-state index is -4.03. The Morgan fingerprint density at radius 1 is 0.774 bits per heavy atom. The maximum absolute atomic E-state index is 14.6. The summed E-state index contributed by atoms with van der Waals surface area (Å²) in [5.74, 6) is 2.68. The van der Waals surface area contributed by atoms with Crippen LogP contribution in [-0.4, -0.2) is 66.2 Å². The molecule has 0 amide bonds. The minimum Gasteiger partial charge on any atom is -0.459 e. The van der Waals surface area contributed by atoms with E-state index in [1.165, 1.54) is 17.1 Å². The Balaban J connectivity index is 0.949. The number of nitrogens with zero attached hydrogens (tertiary/aromatic N) is 2. The third kappa shape index (κ3) is 5.79. The topological polar surface area (TPSA) is 107 Å². The number of benzene rings is 2. The first kappa shape index (κ1) is 34.3. The van der Waals surface area contributed by atoms with Crippen LogP contribution in [-0.2, 0) is 47.3 Å². The highest BCUT2D eigenvalue weighted by Crippen LogP contribution is 2.57. The fraction of sp³-hybridized carbons (Fsp3) is 0.628. The second kappa shape index (κ2) is 12.7. The van der Waals surface area contributed by atoms with Gasteiger partial charge in [0.1, 0.15) is 18.3 Å². The predicted octanol–water partition coefficient (Wildman–Crippen LogP) is 6.59. The van der Waals surface area contributed by atoms with Crippen molar-refractivity contribution in [1.82, 2.24) is 8.87 Å². The molecule has 12 rings (SSSR count). The van der Waals surface area contributed by atoms with Gasteiger partial charge in [0, 0.05) is 37.2 Å². The quantitative estimate of drug-likeness (QED) is 0.124. The van der Waals surface area contributed by atoms with Crippen molar-refractivity contribution in [3.8, 4) is 0 Å². The third-order valence-electron chi connectivity index (χ3n) is 14.7. The first-order valence-corrected chi connectivity index (χ1v) is 21.7. The Hall–Kier alpha value is -3.21. The zero-order valence-corrected chi connectivity index (χ0v) is 31.7. The van der Waals surface area contributed by atoms with Crippen LogP contribution in [0.2, 0.25) is 0 Å². The van der Waals surface area contributed by atoms with E-state index in [2.05, 4.69) is 16.7 Å². The van der Waals surface area contributed by atoms with Gasteiger partial charge < -0.3 is 18.8 Å². The predicted molar refractivity (Wildman–Crippen MR) is 198 cm³/mol. The summed E-state index contributed by atoms with van der Waals surface area (Å²) < 4.78 is 51.5. The standard InChI is InChI=1S/C43H52N2O7S/c1-25-7-9-35(10-8-25)53(48,49)45(12-11-30-23-44(2)37-6-4-3-5-36(30)37)24-38-43(52-38,41(46)50-39-31-15-26-13-27(17-31)18-32(39)16-26)42(47)51-40-33-19-28-14-29(21-33)22-34(40)20-28/h3-10,23,26-29,31-34,38-40H,11-22,24H2,1-2H3. The minimum absolute atomic E-state index is 0.148. The van der Waals surface area contributed by atoms with Crippen LogP contribution in [0.3, 0.4) is 0 Å². The van der Waals surface area contributed by atoms with Gasteiger partial charge in [-0.25, -0.2) is 18.0 Å². The van der Waals surface area contributed by atoms with Crippen molar-refractivity contribution in [1.29, 1.82) is 0 Å². The molecule has 8 aliphatic carbocycles. The molecular formula is C43H52N2O7S. The summed E-state index contributed by atoms with van der Waals surface area (Å²) >= 11 is 0. The van der Waals surface area contributed by atoms with Crippen molar-refractivity contribution in [3.63, 3.8) is 0 Å². The van der Waals surface area contributed by atoms with Crippen molar-refractivity contribution in [2.75, 3.05) is 13.1 Å². The Labute approximate surface area is 312 Å². The lowest BCUT2D eigenvalue weighted by molar-refractivity contribution is -0.191. The van der Waals surface area contributed by atoms with E-state index < -0.39 is 33.7 Å². The summed E-state index contributed by atoms with van der Waals surface area (Å²) in [5, 5.41) is 1.07. The number of hydrogen-bond acceptors (Lipinski definition) is 7. The molecule has 10 heteroatoms. The molecule has 0 spiro atoms. The second-order valence-electron chi connectivity index (χ2n) is 18.2. The summed E-state index contributed by atoms with van der Waals surface area (Å²) in [6, 6.07) is 14.9. The average molecular weight is 741 g/mol. The van der Waals surface area contributed by atoms with E-state index in [4.69, 9.17) is 14.2 Å². The van der Waals surface area contributed by atoms with Crippen molar-refractivity contribution in [2.24, 2.45) is 54.4 Å². The molecule has 282 valence electrons. The number of epoxide rings is 1. The van der Waals surface area contributed by atoms with E-state index in [0.717, 1.165) is 73.4 Å². The number of esters is 2. The summed E-state index contributed by atoms with van der Waals surface area (Å²) in [7, 11) is -2.04. The summed E-state index contributed by atoms with van der Waals surface area (Å²) in [6.07, 6.45) is 12.1. The molecule has 1 saturated heterocycles. The SMILES string of the molecule is Cc1ccc(S(=O)(=O)N(CCc2cn(C)c3ccccc23)CC2OC2(C(=O)OC2C3CC4CC(C3)CC2C4)C(=O)OC2C3CC4CC(C3)CC2C4)cc1. The fourth-order valence-electron chi connectivity index (χ4n) is 12.6. The monoisotopic (exact) mass is 740 g/mol. The number of hydrogen-bond donors (Lipinski definition) is 0. The van der Waals surface area contributed by atoms with Crippen LogP contribution in [0.4, 0.5) is 0 Å². The molecule has 1 atom stereocenters. The highest BCUT2D eigenvalue weighted by molar-refractivity contribution is 7.89. The number of fused-ring (bicyclic) bond motifs is 1. The molecular weight excluding hydrogens is 689 g/mol. The van der Waals surface area contributed by atoms with Crippen molar-refractivity contribution in [2.45, 2.75) is 106 Å². The molecule has 8 bridgehead atoms. The van der Waals surface area contributed by atoms with Crippen LogP contribution in [0, 0.1) is 54.3 Å². The van der Waals surface area contributed by atoms with Crippen molar-refractivity contribution < 1.29 is 32.2 Å². The lowest BCUT2D eigenvalue weighted by Crippen LogP contribution is -2.54. The number of sulfonamides is 1. The zero-order chi connectivity index (χ0) is 36.2. The lowest BCUT2D eigenvalue weighted by atomic mass is 9.55. The molecule has 2 heterocycles. The molecule has 1 unspecified atom stereocenters. The van der Waals surface area contributed by atoms with E-state index >= 15 is 0 Å². The van der Waals surface area contributed by atoms with Gasteiger partial charge in [0.25, 0.3) is 5.60 Å². The molecule has 1 aliphatic heterocycles. The van der Waals surface area contributed by atoms with Gasteiger partial charge >= 0.3 is 11.9 Å². The first-order chi connectivity index (χ1) is 25.5. The molecule has 53 heavy (non-hydrogen) atoms. The Kier molecular flexibility index (Phi) is 8.20. The molecule has 3 aromatic rings. The molecule has 0 radical (unpaired) electrons. The summed E-state index contributed by atoms with van der Waals surface area (Å²) in [5.41, 5.74) is 1.08. The van der Waals surface area contributed by atoms with E-state index in [9.17, 15) is 18.0 Å². The molecule has 9 nitrogen and oxygen atoms in total. The van der Waals surface area contributed by atoms with Gasteiger partial charge in [-0.1, -0.05) is 35.9 Å². The van der Waals surface area contributed by atoms with Gasteiger partial charge in [0.05, 0.1) is 4.90 Å². The van der Waals surface area contributed by atoms with Crippen LogP contribution in [0.25, 0.3) is 10.9 Å². The third-order valence-corrected chi connectivity index (χ3v) is 16.6. The number of ether oxygens (including phenoxy) is 3. The van der Waals surface area contributed by atoms with Crippen LogP contribution >= 0.6 is 0 Å². The molecule has 9 fully saturated rings. The normalized spacial score (nSPS) is 37.8. The highest BCUT2D eigenvalue weighted by Gasteiger charge is 2.73. The summed E-state index contributed by atoms with van der Waals surface area (Å²) in [4.78, 5) is 29.3. The van der Waals surface area contributed by atoms with Gasteiger partial charge in [-0.15, -0.1) is 0 Å². The largest absolute Gasteiger partial charge is 0.459 e. The van der Waals surface area contributed by atoms with Crippen molar-refractivity contribution in [3.05, 3.63) is 65.9 Å². The van der Waals surface area contributed by atoms with Gasteiger partial charge in [0.15, 0.2) is 0 Å². The number of aromatic nitrogens is 1. The molecule has 0 N–H and O–H groups in total. The molecule has 1 aromatic heterocycles. The fourth-order valence-corrected chi connectivity index (χ4v) is 14.0. The zero-order valence-electron chi connectivity index (χ0n) is 30.9. The molecule has 8 saturated carbocycles. The lowest BCUT2D eigenvalue weighted by Gasteiger charge is -2.54.